The van der Waals surface area contributed by atoms with Crippen LogP contribution >= 0.6 is 0 Å². The lowest BCUT2D eigenvalue weighted by molar-refractivity contribution is -0.123. The van der Waals surface area contributed by atoms with Crippen LogP contribution in [0.1, 0.15) is 44.9 Å². The molecule has 1 amide bonds. The third-order valence-corrected chi connectivity index (χ3v) is 4.41. The maximum Gasteiger partial charge on any atom is 0.235 e. The van der Waals surface area contributed by atoms with Crippen LogP contribution in [0, 0.1) is 11.3 Å². The molecule has 1 saturated carbocycles. The lowest BCUT2D eigenvalue weighted by atomic mass is 10.00. The fourth-order valence-electron chi connectivity index (χ4n) is 3.32. The Bertz CT molecular complexity index is 365. The van der Waals surface area contributed by atoms with Crippen molar-refractivity contribution in [2.75, 3.05) is 26.7 Å². The van der Waals surface area contributed by atoms with Gasteiger partial charge in [-0.1, -0.05) is 6.42 Å². The molecule has 1 heterocycles. The van der Waals surface area contributed by atoms with Crippen molar-refractivity contribution >= 4 is 5.91 Å². The highest BCUT2D eigenvalue weighted by atomic mass is 16.2. The van der Waals surface area contributed by atoms with Crippen molar-refractivity contribution in [3.05, 3.63) is 0 Å². The number of likely N-dealkylation sites (N-methyl/N-ethyl adjacent to an activating group) is 1. The summed E-state index contributed by atoms with van der Waals surface area (Å²) in [6.45, 7) is 2.36. The molecule has 0 bridgehead atoms. The van der Waals surface area contributed by atoms with Gasteiger partial charge in [-0.05, 0) is 52.1 Å². The number of hydrogen-bond acceptors (Lipinski definition) is 4. The average Bonchev–Trinajstić information content (AvgIpc) is 2.88. The van der Waals surface area contributed by atoms with Gasteiger partial charge in [-0.25, -0.2) is 0 Å². The summed E-state index contributed by atoms with van der Waals surface area (Å²) in [6, 6.07) is 2.80. The van der Waals surface area contributed by atoms with E-state index in [1.165, 1.54) is 19.3 Å². The first kappa shape index (κ1) is 15.3. The molecule has 1 atom stereocenters. The summed E-state index contributed by atoms with van der Waals surface area (Å²) >= 11 is 0. The molecule has 2 rings (SSSR count). The van der Waals surface area contributed by atoms with Gasteiger partial charge in [-0.3, -0.25) is 9.69 Å². The van der Waals surface area contributed by atoms with E-state index in [1.54, 1.807) is 0 Å². The second-order valence-electron chi connectivity index (χ2n) is 6.29. The molecule has 0 aromatic heterocycles. The van der Waals surface area contributed by atoms with E-state index in [-0.39, 0.29) is 5.91 Å². The van der Waals surface area contributed by atoms with Gasteiger partial charge in [0, 0.05) is 12.6 Å². The van der Waals surface area contributed by atoms with E-state index in [1.807, 2.05) is 7.05 Å². The number of nitrogens with zero attached hydrogens (tertiary/aromatic N) is 2. The molecule has 1 aliphatic heterocycles. The molecular formula is C15H26N4O. The summed E-state index contributed by atoms with van der Waals surface area (Å²) in [5, 5.41) is 15.7. The standard InChI is InChI=1S/C15H26N4O/c1-19(10-13-6-2-5-9-17-13)11-14(20)18-15(12-16)7-3-4-8-15/h13,17H,2-11H2,1H3,(H,18,20). The van der Waals surface area contributed by atoms with Crippen LogP contribution in [0.5, 0.6) is 0 Å². The van der Waals surface area contributed by atoms with Crippen LogP contribution in [0.3, 0.4) is 0 Å². The van der Waals surface area contributed by atoms with Crippen LogP contribution in [-0.2, 0) is 4.79 Å². The molecule has 2 aliphatic rings. The van der Waals surface area contributed by atoms with Crippen molar-refractivity contribution in [2.45, 2.75) is 56.5 Å². The molecule has 20 heavy (non-hydrogen) atoms. The van der Waals surface area contributed by atoms with Crippen LogP contribution in [-0.4, -0.2) is 49.1 Å². The van der Waals surface area contributed by atoms with Gasteiger partial charge in [0.15, 0.2) is 0 Å². The monoisotopic (exact) mass is 278 g/mol. The third-order valence-electron chi connectivity index (χ3n) is 4.41. The van der Waals surface area contributed by atoms with Gasteiger partial charge in [0.05, 0.1) is 12.6 Å². The van der Waals surface area contributed by atoms with Gasteiger partial charge in [-0.2, -0.15) is 5.26 Å². The van der Waals surface area contributed by atoms with Crippen molar-refractivity contribution in [1.82, 2.24) is 15.5 Å². The maximum atomic E-state index is 12.1. The molecule has 0 spiro atoms. The zero-order valence-electron chi connectivity index (χ0n) is 12.5. The molecule has 1 saturated heterocycles. The number of carbonyl (C=O) groups excluding carboxylic acids is 1. The Morgan fingerprint density at radius 2 is 2.15 bits per heavy atom. The summed E-state index contributed by atoms with van der Waals surface area (Å²) in [6.07, 6.45) is 7.38. The minimum atomic E-state index is -0.596. The van der Waals surface area contributed by atoms with Gasteiger partial charge >= 0.3 is 0 Å². The van der Waals surface area contributed by atoms with Crippen LogP contribution in [0.25, 0.3) is 0 Å². The lowest BCUT2D eigenvalue weighted by Gasteiger charge is -2.29. The zero-order chi connectivity index (χ0) is 14.4. The van der Waals surface area contributed by atoms with Crippen molar-refractivity contribution in [2.24, 2.45) is 0 Å². The van der Waals surface area contributed by atoms with Crippen LogP contribution < -0.4 is 10.6 Å². The highest BCUT2D eigenvalue weighted by Gasteiger charge is 2.35. The first-order valence-corrected chi connectivity index (χ1v) is 7.78. The van der Waals surface area contributed by atoms with Gasteiger partial charge in [0.1, 0.15) is 5.54 Å². The van der Waals surface area contributed by atoms with E-state index in [4.69, 9.17) is 0 Å². The largest absolute Gasteiger partial charge is 0.337 e. The molecule has 1 unspecified atom stereocenters. The van der Waals surface area contributed by atoms with Crippen LogP contribution in [0.2, 0.25) is 0 Å². The molecule has 112 valence electrons. The molecule has 0 radical (unpaired) electrons. The van der Waals surface area contributed by atoms with Crippen molar-refractivity contribution < 1.29 is 4.79 Å². The molecular weight excluding hydrogens is 252 g/mol. The Labute approximate surface area is 121 Å². The fourth-order valence-corrected chi connectivity index (χ4v) is 3.32. The quantitative estimate of drug-likeness (QED) is 0.787. The van der Waals surface area contributed by atoms with Gasteiger partial charge in [0.25, 0.3) is 0 Å². The van der Waals surface area contributed by atoms with Crippen molar-refractivity contribution in [3.63, 3.8) is 0 Å². The van der Waals surface area contributed by atoms with Gasteiger partial charge in [0.2, 0.25) is 5.91 Å². The zero-order valence-corrected chi connectivity index (χ0v) is 12.5. The molecule has 1 aliphatic carbocycles. The normalized spacial score (nSPS) is 25.4. The smallest absolute Gasteiger partial charge is 0.235 e. The Morgan fingerprint density at radius 3 is 2.75 bits per heavy atom. The predicted octanol–water partition coefficient (Wildman–Crippen LogP) is 1.01. The molecule has 0 aromatic rings. The number of carbonyl (C=O) groups is 1. The van der Waals surface area contributed by atoms with E-state index in [0.29, 0.717) is 12.6 Å². The van der Waals surface area contributed by atoms with E-state index in [0.717, 1.165) is 38.8 Å². The van der Waals surface area contributed by atoms with Crippen LogP contribution in [0.15, 0.2) is 0 Å². The number of amides is 1. The fraction of sp³-hybridized carbons (Fsp3) is 0.867. The number of nitrogens with one attached hydrogen (secondary N) is 2. The summed E-state index contributed by atoms with van der Waals surface area (Å²) in [5.74, 6) is -0.0215. The molecule has 0 aromatic carbocycles. The SMILES string of the molecule is CN(CC(=O)NC1(C#N)CCCC1)CC1CCCCN1. The predicted molar refractivity (Wildman–Crippen MR) is 78.1 cm³/mol. The highest BCUT2D eigenvalue weighted by molar-refractivity contribution is 5.79. The van der Waals surface area contributed by atoms with Crippen molar-refractivity contribution in [3.8, 4) is 6.07 Å². The summed E-state index contributed by atoms with van der Waals surface area (Å²) in [4.78, 5) is 14.1. The average molecular weight is 278 g/mol. The van der Waals surface area contributed by atoms with E-state index in [9.17, 15) is 10.1 Å². The second kappa shape index (κ2) is 7.05. The number of nitriles is 1. The topological polar surface area (TPSA) is 68.2 Å². The third kappa shape index (κ3) is 4.19. The maximum absolute atomic E-state index is 12.1. The number of rotatable bonds is 5. The Balaban J connectivity index is 1.74. The second-order valence-corrected chi connectivity index (χ2v) is 6.29. The summed E-state index contributed by atoms with van der Waals surface area (Å²) in [5.41, 5.74) is -0.596. The van der Waals surface area contributed by atoms with E-state index >= 15 is 0 Å². The number of piperidine rings is 1. The van der Waals surface area contributed by atoms with E-state index in [2.05, 4.69) is 21.6 Å². The molecule has 2 N–H and O–H groups in total. The molecule has 5 nitrogen and oxygen atoms in total. The first-order chi connectivity index (χ1) is 9.63. The summed E-state index contributed by atoms with van der Waals surface area (Å²) in [7, 11) is 1.98. The van der Waals surface area contributed by atoms with Gasteiger partial charge < -0.3 is 10.6 Å². The Hall–Kier alpha value is -1.12. The van der Waals surface area contributed by atoms with Crippen molar-refractivity contribution in [1.29, 1.82) is 5.26 Å². The van der Waals surface area contributed by atoms with E-state index < -0.39 is 5.54 Å². The summed E-state index contributed by atoms with van der Waals surface area (Å²) < 4.78 is 0. The molecule has 2 fully saturated rings. The minimum absolute atomic E-state index is 0.0215. The Kier molecular flexibility index (Phi) is 5.38. The lowest BCUT2D eigenvalue weighted by Crippen LogP contribution is -2.50. The highest BCUT2D eigenvalue weighted by Crippen LogP contribution is 2.28. The molecule has 5 heteroatoms. The van der Waals surface area contributed by atoms with Crippen LogP contribution in [0.4, 0.5) is 0 Å². The van der Waals surface area contributed by atoms with Gasteiger partial charge in [-0.15, -0.1) is 0 Å². The Morgan fingerprint density at radius 1 is 1.40 bits per heavy atom. The first-order valence-electron chi connectivity index (χ1n) is 7.78. The minimum Gasteiger partial charge on any atom is -0.337 e. The number of hydrogen-bond donors (Lipinski definition) is 2.